The number of rotatable bonds is 4. The predicted octanol–water partition coefficient (Wildman–Crippen LogP) is 1.22. The lowest BCUT2D eigenvalue weighted by molar-refractivity contribution is 0.533. The topological polar surface area (TPSA) is 38.0 Å². The van der Waals surface area contributed by atoms with Crippen molar-refractivity contribution in [1.29, 1.82) is 0 Å². The van der Waals surface area contributed by atoms with Gasteiger partial charge < -0.3 is 11.1 Å². The van der Waals surface area contributed by atoms with Gasteiger partial charge in [-0.15, -0.1) is 0 Å². The third-order valence-electron chi connectivity index (χ3n) is 1.41. The Balaban J connectivity index is 3.81. The SMILES string of the molecule is C=CNC(=C)C(N)C(C)C. The fourth-order valence-electron chi connectivity index (χ4n) is 0.630. The molecule has 0 aliphatic heterocycles. The number of hydrogen-bond acceptors (Lipinski definition) is 2. The molecule has 1 atom stereocenters. The Morgan fingerprint density at radius 2 is 2.10 bits per heavy atom. The lowest BCUT2D eigenvalue weighted by atomic mass is 10.0. The zero-order valence-electron chi connectivity index (χ0n) is 6.72. The van der Waals surface area contributed by atoms with Crippen molar-refractivity contribution < 1.29 is 0 Å². The summed E-state index contributed by atoms with van der Waals surface area (Å²) in [7, 11) is 0. The highest BCUT2D eigenvalue weighted by Crippen LogP contribution is 2.04. The molecule has 0 aromatic rings. The van der Waals surface area contributed by atoms with Crippen LogP contribution >= 0.6 is 0 Å². The molecule has 0 radical (unpaired) electrons. The van der Waals surface area contributed by atoms with Gasteiger partial charge in [0.25, 0.3) is 0 Å². The molecule has 0 fully saturated rings. The summed E-state index contributed by atoms with van der Waals surface area (Å²) >= 11 is 0. The third kappa shape index (κ3) is 2.69. The molecule has 2 heteroatoms. The van der Waals surface area contributed by atoms with Crippen molar-refractivity contribution in [1.82, 2.24) is 5.32 Å². The monoisotopic (exact) mass is 140 g/mol. The fraction of sp³-hybridized carbons (Fsp3) is 0.500. The van der Waals surface area contributed by atoms with Gasteiger partial charge in [-0.2, -0.15) is 0 Å². The molecule has 0 aliphatic carbocycles. The van der Waals surface area contributed by atoms with Crippen LogP contribution in [-0.2, 0) is 0 Å². The van der Waals surface area contributed by atoms with E-state index >= 15 is 0 Å². The Morgan fingerprint density at radius 1 is 1.60 bits per heavy atom. The molecule has 0 heterocycles. The maximum absolute atomic E-state index is 5.74. The maximum atomic E-state index is 5.74. The number of nitrogens with one attached hydrogen (secondary N) is 1. The average molecular weight is 140 g/mol. The van der Waals surface area contributed by atoms with Gasteiger partial charge in [-0.3, -0.25) is 0 Å². The minimum absolute atomic E-state index is 0.0120. The normalized spacial score (nSPS) is 12.8. The van der Waals surface area contributed by atoms with Crippen molar-refractivity contribution in [2.75, 3.05) is 0 Å². The van der Waals surface area contributed by atoms with Crippen molar-refractivity contribution in [2.24, 2.45) is 11.7 Å². The summed E-state index contributed by atoms with van der Waals surface area (Å²) < 4.78 is 0. The van der Waals surface area contributed by atoms with Gasteiger partial charge in [-0.05, 0) is 12.1 Å². The maximum Gasteiger partial charge on any atom is 0.0465 e. The highest BCUT2D eigenvalue weighted by Gasteiger charge is 2.09. The van der Waals surface area contributed by atoms with E-state index in [4.69, 9.17) is 5.73 Å². The first-order valence-corrected chi connectivity index (χ1v) is 3.41. The van der Waals surface area contributed by atoms with E-state index in [0.717, 1.165) is 5.70 Å². The van der Waals surface area contributed by atoms with Gasteiger partial charge in [0, 0.05) is 11.7 Å². The molecule has 0 amide bonds. The first kappa shape index (κ1) is 9.24. The molecule has 0 rings (SSSR count). The van der Waals surface area contributed by atoms with Crippen LogP contribution in [0.1, 0.15) is 13.8 Å². The molecule has 0 spiro atoms. The number of hydrogen-bond donors (Lipinski definition) is 2. The zero-order valence-corrected chi connectivity index (χ0v) is 6.72. The summed E-state index contributed by atoms with van der Waals surface area (Å²) in [5.74, 6) is 0.417. The van der Waals surface area contributed by atoms with Crippen molar-refractivity contribution in [3.8, 4) is 0 Å². The molecule has 3 N–H and O–H groups in total. The van der Waals surface area contributed by atoms with Gasteiger partial charge in [0.05, 0.1) is 0 Å². The molecule has 0 saturated carbocycles. The molecule has 0 saturated heterocycles. The third-order valence-corrected chi connectivity index (χ3v) is 1.41. The van der Waals surface area contributed by atoms with Gasteiger partial charge in [-0.25, -0.2) is 0 Å². The van der Waals surface area contributed by atoms with Gasteiger partial charge in [0.1, 0.15) is 0 Å². The van der Waals surface area contributed by atoms with Crippen LogP contribution in [0.15, 0.2) is 25.1 Å². The highest BCUT2D eigenvalue weighted by molar-refractivity contribution is 5.05. The largest absolute Gasteiger partial charge is 0.365 e. The molecular weight excluding hydrogens is 124 g/mol. The Kier molecular flexibility index (Phi) is 3.81. The Bertz CT molecular complexity index is 127. The second kappa shape index (κ2) is 4.12. The van der Waals surface area contributed by atoms with E-state index in [9.17, 15) is 0 Å². The molecule has 0 aromatic heterocycles. The van der Waals surface area contributed by atoms with Gasteiger partial charge in [0.2, 0.25) is 0 Å². The molecular formula is C8H16N2. The van der Waals surface area contributed by atoms with E-state index in [1.54, 1.807) is 6.20 Å². The van der Waals surface area contributed by atoms with Crippen molar-refractivity contribution in [3.05, 3.63) is 25.1 Å². The minimum Gasteiger partial charge on any atom is -0.365 e. The Labute approximate surface area is 62.8 Å². The van der Waals surface area contributed by atoms with Crippen molar-refractivity contribution >= 4 is 0 Å². The summed E-state index contributed by atoms with van der Waals surface area (Å²) in [6.07, 6.45) is 1.59. The van der Waals surface area contributed by atoms with Crippen LogP contribution in [0.3, 0.4) is 0 Å². The van der Waals surface area contributed by atoms with Crippen LogP contribution in [0.25, 0.3) is 0 Å². The van der Waals surface area contributed by atoms with Crippen molar-refractivity contribution in [2.45, 2.75) is 19.9 Å². The molecule has 58 valence electrons. The van der Waals surface area contributed by atoms with Crippen LogP contribution in [0.2, 0.25) is 0 Å². The molecule has 2 nitrogen and oxygen atoms in total. The van der Waals surface area contributed by atoms with Crippen LogP contribution < -0.4 is 11.1 Å². The first-order chi connectivity index (χ1) is 4.59. The van der Waals surface area contributed by atoms with Gasteiger partial charge in [-0.1, -0.05) is 27.0 Å². The predicted molar refractivity (Wildman–Crippen MR) is 45.3 cm³/mol. The lowest BCUT2D eigenvalue weighted by Crippen LogP contribution is -2.33. The zero-order chi connectivity index (χ0) is 8.15. The van der Waals surface area contributed by atoms with Crippen LogP contribution in [-0.4, -0.2) is 6.04 Å². The summed E-state index contributed by atoms with van der Waals surface area (Å²) in [6, 6.07) is 0.0120. The number of nitrogens with two attached hydrogens (primary N) is 1. The summed E-state index contributed by atoms with van der Waals surface area (Å²) in [4.78, 5) is 0. The standard InChI is InChI=1S/C8H16N2/c1-5-10-7(4)8(9)6(2)3/h5-6,8,10H,1,4,9H2,2-3H3. The molecule has 0 aliphatic rings. The van der Waals surface area contributed by atoms with E-state index in [0.29, 0.717) is 5.92 Å². The highest BCUT2D eigenvalue weighted by atomic mass is 14.9. The molecule has 0 aromatic carbocycles. The first-order valence-electron chi connectivity index (χ1n) is 3.41. The van der Waals surface area contributed by atoms with Crippen molar-refractivity contribution in [3.63, 3.8) is 0 Å². The van der Waals surface area contributed by atoms with E-state index in [2.05, 4.69) is 32.3 Å². The second-order valence-corrected chi connectivity index (χ2v) is 2.64. The quantitative estimate of drug-likeness (QED) is 0.616. The Morgan fingerprint density at radius 3 is 2.40 bits per heavy atom. The molecule has 0 bridgehead atoms. The summed E-state index contributed by atoms with van der Waals surface area (Å²) in [6.45, 7) is 11.4. The van der Waals surface area contributed by atoms with E-state index in [-0.39, 0.29) is 6.04 Å². The van der Waals surface area contributed by atoms with E-state index in [1.807, 2.05) is 0 Å². The molecule has 10 heavy (non-hydrogen) atoms. The summed E-state index contributed by atoms with van der Waals surface area (Å²) in [5.41, 5.74) is 6.56. The van der Waals surface area contributed by atoms with Crippen LogP contribution in [0.5, 0.6) is 0 Å². The van der Waals surface area contributed by atoms with E-state index < -0.39 is 0 Å². The minimum atomic E-state index is 0.0120. The second-order valence-electron chi connectivity index (χ2n) is 2.64. The molecule has 1 unspecified atom stereocenters. The fourth-order valence-corrected chi connectivity index (χ4v) is 0.630. The van der Waals surface area contributed by atoms with E-state index in [1.165, 1.54) is 0 Å². The summed E-state index contributed by atoms with van der Waals surface area (Å²) in [5, 5.41) is 2.87. The van der Waals surface area contributed by atoms with Crippen LogP contribution in [0.4, 0.5) is 0 Å². The van der Waals surface area contributed by atoms with Crippen LogP contribution in [0, 0.1) is 5.92 Å². The lowest BCUT2D eigenvalue weighted by Gasteiger charge is -2.17. The smallest absolute Gasteiger partial charge is 0.0465 e. The Hall–Kier alpha value is -0.760. The average Bonchev–Trinajstić information content (AvgIpc) is 1.87. The van der Waals surface area contributed by atoms with Gasteiger partial charge in [0.15, 0.2) is 0 Å². The van der Waals surface area contributed by atoms with Gasteiger partial charge >= 0.3 is 0 Å².